The van der Waals surface area contributed by atoms with Crippen molar-refractivity contribution in [2.75, 3.05) is 33.8 Å². The fourth-order valence-electron chi connectivity index (χ4n) is 2.02. The monoisotopic (exact) mass is 420 g/mol. The van der Waals surface area contributed by atoms with Crippen LogP contribution in [0.4, 0.5) is 0 Å². The van der Waals surface area contributed by atoms with Crippen molar-refractivity contribution < 1.29 is 9.53 Å². The summed E-state index contributed by atoms with van der Waals surface area (Å²) in [5.74, 6) is 0.635. The number of thiazole rings is 1. The first-order valence-corrected chi connectivity index (χ1v) is 8.75. The molecule has 0 spiro atoms. The van der Waals surface area contributed by atoms with Crippen molar-refractivity contribution >= 4 is 42.1 Å². The Morgan fingerprint density at radius 2 is 2.12 bits per heavy atom. The minimum absolute atomic E-state index is 0. The van der Waals surface area contributed by atoms with Crippen LogP contribution >= 0.6 is 36.2 Å². The molecule has 0 saturated carbocycles. The topological polar surface area (TPSA) is 80.5 Å². The summed E-state index contributed by atoms with van der Waals surface area (Å²) < 4.78 is 5.70. The van der Waals surface area contributed by atoms with Crippen LogP contribution in [0.1, 0.15) is 21.1 Å². The maximum atomic E-state index is 12.1. The zero-order valence-electron chi connectivity index (χ0n) is 14.9. The third-order valence-corrected chi connectivity index (χ3v) is 4.21. The molecule has 3 N–H and O–H groups in total. The van der Waals surface area contributed by atoms with Crippen molar-refractivity contribution in [3.63, 3.8) is 0 Å². The minimum Gasteiger partial charge on any atom is -0.492 e. The molecule has 1 amide bonds. The molecule has 0 aliphatic heterocycles. The van der Waals surface area contributed by atoms with Gasteiger partial charge in [0.1, 0.15) is 18.1 Å². The third kappa shape index (κ3) is 8.33. The number of carbonyl (C=O) groups excluding carboxylic acids is 1. The van der Waals surface area contributed by atoms with Gasteiger partial charge in [-0.15, -0.1) is 36.2 Å². The molecular formula is C17H26Cl2N4O2S. The number of amides is 1. The van der Waals surface area contributed by atoms with Gasteiger partial charge in [0.05, 0.1) is 5.01 Å². The first-order chi connectivity index (χ1) is 11.6. The van der Waals surface area contributed by atoms with E-state index < -0.39 is 0 Å². The lowest BCUT2D eigenvalue weighted by Crippen LogP contribution is -2.23. The van der Waals surface area contributed by atoms with Crippen LogP contribution in [0, 0.1) is 0 Å². The Morgan fingerprint density at radius 1 is 1.35 bits per heavy atom. The number of benzene rings is 1. The molecule has 0 atom stereocenters. The Hall–Kier alpha value is -1.38. The molecule has 6 nitrogen and oxygen atoms in total. The van der Waals surface area contributed by atoms with Crippen molar-refractivity contribution in [2.24, 2.45) is 5.73 Å². The molecule has 1 aromatic carbocycles. The van der Waals surface area contributed by atoms with Crippen molar-refractivity contribution in [3.8, 4) is 5.75 Å². The first-order valence-electron chi connectivity index (χ1n) is 7.87. The summed E-state index contributed by atoms with van der Waals surface area (Å²) in [6.07, 6.45) is 0.699. The summed E-state index contributed by atoms with van der Waals surface area (Å²) in [5, 5.41) is 5.54. The van der Waals surface area contributed by atoms with E-state index in [1.54, 1.807) is 5.38 Å². The van der Waals surface area contributed by atoms with E-state index in [4.69, 9.17) is 10.5 Å². The standard InChI is InChI=1S/C17H24N4O2S.2ClH/c1-21(2)8-9-23-14-5-3-4-13(10-14)11-19-17(22)15-12-24-16(20-15)6-7-18;;/h3-5,10,12H,6-9,11,18H2,1-2H3,(H,19,22);2*1H. The van der Waals surface area contributed by atoms with Gasteiger partial charge >= 0.3 is 0 Å². The zero-order chi connectivity index (χ0) is 17.4. The molecule has 9 heteroatoms. The van der Waals surface area contributed by atoms with Crippen molar-refractivity contribution in [2.45, 2.75) is 13.0 Å². The van der Waals surface area contributed by atoms with Crippen LogP contribution < -0.4 is 15.8 Å². The second-order valence-corrected chi connectivity index (χ2v) is 6.59. The highest BCUT2D eigenvalue weighted by Gasteiger charge is 2.10. The van der Waals surface area contributed by atoms with Crippen LogP contribution in [0.5, 0.6) is 5.75 Å². The van der Waals surface area contributed by atoms with Crippen LogP contribution in [-0.2, 0) is 13.0 Å². The molecule has 1 aromatic heterocycles. The lowest BCUT2D eigenvalue weighted by atomic mass is 10.2. The molecule has 146 valence electrons. The SMILES string of the molecule is CN(C)CCOc1cccc(CNC(=O)c2csc(CCN)n2)c1.Cl.Cl. The van der Waals surface area contributed by atoms with E-state index in [1.807, 2.05) is 38.4 Å². The largest absolute Gasteiger partial charge is 0.492 e. The summed E-state index contributed by atoms with van der Waals surface area (Å²) in [4.78, 5) is 18.5. The van der Waals surface area contributed by atoms with Gasteiger partial charge < -0.3 is 20.7 Å². The van der Waals surface area contributed by atoms with E-state index in [-0.39, 0.29) is 30.7 Å². The lowest BCUT2D eigenvalue weighted by molar-refractivity contribution is 0.0946. The number of carbonyl (C=O) groups is 1. The Kier molecular flexibility index (Phi) is 12.2. The number of rotatable bonds is 9. The van der Waals surface area contributed by atoms with Gasteiger partial charge in [-0.3, -0.25) is 4.79 Å². The van der Waals surface area contributed by atoms with E-state index in [0.717, 1.165) is 22.9 Å². The number of hydrogen-bond donors (Lipinski definition) is 2. The second-order valence-electron chi connectivity index (χ2n) is 5.65. The molecule has 0 aliphatic carbocycles. The molecule has 0 saturated heterocycles. The number of aromatic nitrogens is 1. The number of nitrogens with two attached hydrogens (primary N) is 1. The first kappa shape index (κ1) is 24.6. The molecule has 0 unspecified atom stereocenters. The number of halogens is 2. The highest BCUT2D eigenvalue weighted by molar-refractivity contribution is 7.09. The van der Waals surface area contributed by atoms with E-state index >= 15 is 0 Å². The lowest BCUT2D eigenvalue weighted by Gasteiger charge is -2.12. The van der Waals surface area contributed by atoms with Gasteiger partial charge in [-0.05, 0) is 38.3 Å². The second kappa shape index (κ2) is 12.9. The third-order valence-electron chi connectivity index (χ3n) is 3.30. The Balaban J connectivity index is 0.00000312. The van der Waals surface area contributed by atoms with E-state index in [2.05, 4.69) is 15.2 Å². The van der Waals surface area contributed by atoms with Gasteiger partial charge in [0.2, 0.25) is 0 Å². The number of hydrogen-bond acceptors (Lipinski definition) is 6. The maximum absolute atomic E-state index is 12.1. The average Bonchev–Trinajstić information content (AvgIpc) is 3.02. The molecule has 0 bridgehead atoms. The highest BCUT2D eigenvalue weighted by Crippen LogP contribution is 2.14. The van der Waals surface area contributed by atoms with Crippen molar-refractivity contribution in [1.29, 1.82) is 0 Å². The maximum Gasteiger partial charge on any atom is 0.271 e. The van der Waals surface area contributed by atoms with Gasteiger partial charge in [0.25, 0.3) is 5.91 Å². The normalized spacial score (nSPS) is 10.0. The Labute approximate surface area is 170 Å². The predicted octanol–water partition coefficient (Wildman–Crippen LogP) is 2.36. The smallest absolute Gasteiger partial charge is 0.271 e. The summed E-state index contributed by atoms with van der Waals surface area (Å²) in [6.45, 7) is 2.46. The quantitative estimate of drug-likeness (QED) is 0.650. The van der Waals surface area contributed by atoms with Crippen molar-refractivity contribution in [1.82, 2.24) is 15.2 Å². The summed E-state index contributed by atoms with van der Waals surface area (Å²) in [6, 6.07) is 7.74. The Bertz CT molecular complexity index is 668. The molecule has 26 heavy (non-hydrogen) atoms. The molecule has 0 aliphatic rings. The van der Waals surface area contributed by atoms with Crippen LogP contribution in [-0.4, -0.2) is 49.6 Å². The zero-order valence-corrected chi connectivity index (χ0v) is 17.4. The van der Waals surface area contributed by atoms with Gasteiger partial charge in [-0.2, -0.15) is 0 Å². The van der Waals surface area contributed by atoms with Crippen LogP contribution in [0.3, 0.4) is 0 Å². The molecular weight excluding hydrogens is 395 g/mol. The van der Waals surface area contributed by atoms with E-state index in [0.29, 0.717) is 31.8 Å². The summed E-state index contributed by atoms with van der Waals surface area (Å²) in [7, 11) is 4.01. The molecule has 0 radical (unpaired) electrons. The fraction of sp³-hybridized carbons (Fsp3) is 0.412. The summed E-state index contributed by atoms with van der Waals surface area (Å²) in [5.41, 5.74) is 6.93. The summed E-state index contributed by atoms with van der Waals surface area (Å²) >= 11 is 1.46. The van der Waals surface area contributed by atoms with Crippen LogP contribution in [0.2, 0.25) is 0 Å². The van der Waals surface area contributed by atoms with Gasteiger partial charge in [0.15, 0.2) is 0 Å². The van der Waals surface area contributed by atoms with E-state index in [1.165, 1.54) is 11.3 Å². The van der Waals surface area contributed by atoms with Crippen LogP contribution in [0.15, 0.2) is 29.6 Å². The average molecular weight is 421 g/mol. The molecule has 2 aromatic rings. The molecule has 0 fully saturated rings. The molecule has 1 heterocycles. The number of nitrogens with zero attached hydrogens (tertiary/aromatic N) is 2. The van der Waals surface area contributed by atoms with E-state index in [9.17, 15) is 4.79 Å². The van der Waals surface area contributed by atoms with Gasteiger partial charge in [0, 0.05) is 24.9 Å². The van der Waals surface area contributed by atoms with Gasteiger partial charge in [-0.1, -0.05) is 12.1 Å². The van der Waals surface area contributed by atoms with Crippen molar-refractivity contribution in [3.05, 3.63) is 45.9 Å². The highest BCUT2D eigenvalue weighted by atomic mass is 35.5. The predicted molar refractivity (Wildman–Crippen MR) is 111 cm³/mol. The van der Waals surface area contributed by atoms with Crippen LogP contribution in [0.25, 0.3) is 0 Å². The molecule has 2 rings (SSSR count). The fourth-order valence-corrected chi connectivity index (χ4v) is 2.81. The Morgan fingerprint density at radius 3 is 2.81 bits per heavy atom. The van der Waals surface area contributed by atoms with Gasteiger partial charge in [-0.25, -0.2) is 4.98 Å². The minimum atomic E-state index is -0.173. The number of ether oxygens (including phenoxy) is 1. The number of nitrogens with one attached hydrogen (secondary N) is 1. The number of likely N-dealkylation sites (N-methyl/N-ethyl adjacent to an activating group) is 1.